The maximum Gasteiger partial charge on any atom is 0.131 e. The minimum Gasteiger partial charge on any atom is -0.206 e. The number of benzene rings is 6. The van der Waals surface area contributed by atoms with Gasteiger partial charge in [0.2, 0.25) is 0 Å². The Kier molecular flexibility index (Phi) is 15.5. The van der Waals surface area contributed by atoms with Crippen molar-refractivity contribution in [2.24, 2.45) is 0 Å². The number of hydrogen-bond acceptors (Lipinski definition) is 0. The minimum atomic E-state index is -0.189. The summed E-state index contributed by atoms with van der Waals surface area (Å²) in [6, 6.07) is 42.1. The topological polar surface area (TPSA) is 0 Å². The van der Waals surface area contributed by atoms with Crippen molar-refractivity contribution in [3.8, 4) is 55.6 Å². The lowest BCUT2D eigenvalue weighted by atomic mass is 9.70. The summed E-state index contributed by atoms with van der Waals surface area (Å²) in [5, 5.41) is 0. The van der Waals surface area contributed by atoms with Gasteiger partial charge in [0.1, 0.15) is 11.6 Å². The van der Waals surface area contributed by atoms with Gasteiger partial charge in [-0.1, -0.05) is 215 Å². The molecule has 1 aliphatic rings. The zero-order chi connectivity index (χ0) is 42.6. The van der Waals surface area contributed by atoms with Crippen molar-refractivity contribution in [3.05, 3.63) is 155 Å². The number of hydrogen-bond donors (Lipinski definition) is 0. The zero-order valence-electron chi connectivity index (χ0n) is 37.5. The molecule has 0 saturated carbocycles. The van der Waals surface area contributed by atoms with Crippen LogP contribution in [0.4, 0.5) is 8.78 Å². The molecule has 0 aromatic heterocycles. The summed E-state index contributed by atoms with van der Waals surface area (Å²) in [5.41, 5.74) is 14.8. The van der Waals surface area contributed by atoms with Crippen LogP contribution < -0.4 is 0 Å². The van der Waals surface area contributed by atoms with E-state index in [1.807, 2.05) is 12.1 Å². The molecule has 6 aromatic carbocycles. The van der Waals surface area contributed by atoms with E-state index in [1.165, 1.54) is 97.6 Å². The predicted molar refractivity (Wildman–Crippen MR) is 258 cm³/mol. The Labute approximate surface area is 366 Å². The largest absolute Gasteiger partial charge is 0.206 e. The lowest BCUT2D eigenvalue weighted by Crippen LogP contribution is -2.25. The van der Waals surface area contributed by atoms with Crippen LogP contribution in [-0.2, 0) is 18.3 Å². The fraction of sp³-hybridized carbons (Fsp3) is 0.390. The normalized spacial score (nSPS) is 12.8. The molecule has 61 heavy (non-hydrogen) atoms. The van der Waals surface area contributed by atoms with E-state index in [2.05, 4.69) is 125 Å². The summed E-state index contributed by atoms with van der Waals surface area (Å²) in [5.74, 6) is -0.377. The molecule has 0 nitrogen and oxygen atoms in total. The highest BCUT2D eigenvalue weighted by atomic mass is 19.1. The molecular formula is C59H68F2. The molecule has 0 heterocycles. The maximum atomic E-state index is 16.1. The van der Waals surface area contributed by atoms with Gasteiger partial charge in [-0.05, 0) is 117 Å². The second kappa shape index (κ2) is 21.3. The first-order chi connectivity index (χ1) is 29.9. The summed E-state index contributed by atoms with van der Waals surface area (Å²) >= 11 is 0. The molecule has 0 spiro atoms. The van der Waals surface area contributed by atoms with Gasteiger partial charge in [-0.15, -0.1) is 0 Å². The average molecular weight is 815 g/mol. The average Bonchev–Trinajstić information content (AvgIpc) is 3.55. The van der Waals surface area contributed by atoms with Gasteiger partial charge in [0.15, 0.2) is 0 Å². The quantitative estimate of drug-likeness (QED) is 0.0599. The van der Waals surface area contributed by atoms with Crippen LogP contribution in [0.2, 0.25) is 0 Å². The number of rotatable bonds is 22. The molecule has 0 atom stereocenters. The third kappa shape index (κ3) is 10.3. The zero-order valence-corrected chi connectivity index (χ0v) is 37.5. The van der Waals surface area contributed by atoms with Crippen LogP contribution in [0.25, 0.3) is 55.6 Å². The second-order valence-electron chi connectivity index (χ2n) is 17.9. The van der Waals surface area contributed by atoms with Gasteiger partial charge < -0.3 is 0 Å². The van der Waals surface area contributed by atoms with E-state index in [-0.39, 0.29) is 17.0 Å². The maximum absolute atomic E-state index is 16.1. The number of fused-ring (bicyclic) bond motifs is 3. The van der Waals surface area contributed by atoms with E-state index in [9.17, 15) is 0 Å². The third-order valence-electron chi connectivity index (χ3n) is 13.5. The highest BCUT2D eigenvalue weighted by Gasteiger charge is 2.42. The standard InChI is InChI=1S/C59H68F2/c1-5-9-11-13-15-17-37-59(38-18-16-14-12-10-6-2)55-39-47(49-29-33-51(57(60)41-49)45-25-21-43(19-7-3)22-26-45)31-35-53(55)54-36-32-48(40-56(54)59)50-30-34-52(58(61)42-50)46-27-23-44(20-8-4)24-28-46/h21-36,39-42H,5-20,37-38H2,1-4H3. The van der Waals surface area contributed by atoms with Gasteiger partial charge in [-0.2, -0.15) is 0 Å². The first kappa shape index (κ1) is 44.2. The Morgan fingerprint density at radius 3 is 1.02 bits per heavy atom. The van der Waals surface area contributed by atoms with Crippen LogP contribution >= 0.6 is 0 Å². The number of aryl methyl sites for hydroxylation is 2. The number of halogens is 2. The number of unbranched alkanes of at least 4 members (excludes halogenated alkanes) is 10. The van der Waals surface area contributed by atoms with Crippen LogP contribution in [0.1, 0.15) is 153 Å². The van der Waals surface area contributed by atoms with Crippen molar-refractivity contribution in [1.29, 1.82) is 0 Å². The summed E-state index contributed by atoms with van der Waals surface area (Å²) < 4.78 is 32.1. The van der Waals surface area contributed by atoms with Gasteiger partial charge >= 0.3 is 0 Å². The van der Waals surface area contributed by atoms with Crippen molar-refractivity contribution >= 4 is 0 Å². The van der Waals surface area contributed by atoms with Crippen molar-refractivity contribution in [2.45, 2.75) is 149 Å². The Morgan fingerprint density at radius 1 is 0.328 bits per heavy atom. The van der Waals surface area contributed by atoms with Crippen molar-refractivity contribution < 1.29 is 8.78 Å². The highest BCUT2D eigenvalue weighted by molar-refractivity contribution is 5.87. The van der Waals surface area contributed by atoms with Gasteiger partial charge in [0.05, 0.1) is 0 Å². The molecule has 0 N–H and O–H groups in total. The molecule has 0 bridgehead atoms. The molecule has 0 unspecified atom stereocenters. The molecular weight excluding hydrogens is 747 g/mol. The molecule has 2 heteroatoms. The molecule has 6 aromatic rings. The Hall–Kier alpha value is -4.82. The summed E-state index contributed by atoms with van der Waals surface area (Å²) in [7, 11) is 0. The van der Waals surface area contributed by atoms with E-state index in [0.29, 0.717) is 11.1 Å². The first-order valence-corrected chi connectivity index (χ1v) is 24.0. The van der Waals surface area contributed by atoms with Crippen molar-refractivity contribution in [2.75, 3.05) is 0 Å². The van der Waals surface area contributed by atoms with Gasteiger partial charge in [0.25, 0.3) is 0 Å². The summed E-state index contributed by atoms with van der Waals surface area (Å²) in [4.78, 5) is 0. The molecule has 0 saturated heterocycles. The van der Waals surface area contributed by atoms with Gasteiger partial charge in [0, 0.05) is 16.5 Å². The summed E-state index contributed by atoms with van der Waals surface area (Å²) in [6.07, 6.45) is 21.3. The first-order valence-electron chi connectivity index (χ1n) is 24.0. The Morgan fingerprint density at radius 2 is 0.656 bits per heavy atom. The second-order valence-corrected chi connectivity index (χ2v) is 17.9. The molecule has 0 aliphatic heterocycles. The third-order valence-corrected chi connectivity index (χ3v) is 13.5. The van der Waals surface area contributed by atoms with Crippen LogP contribution in [0.5, 0.6) is 0 Å². The van der Waals surface area contributed by atoms with Crippen molar-refractivity contribution in [3.63, 3.8) is 0 Å². The predicted octanol–water partition coefficient (Wildman–Crippen LogP) is 18.3. The van der Waals surface area contributed by atoms with Crippen LogP contribution in [0.15, 0.2) is 121 Å². The smallest absolute Gasteiger partial charge is 0.131 e. The highest BCUT2D eigenvalue weighted by Crippen LogP contribution is 2.56. The van der Waals surface area contributed by atoms with E-state index in [0.717, 1.165) is 84.7 Å². The van der Waals surface area contributed by atoms with E-state index >= 15 is 8.78 Å². The summed E-state index contributed by atoms with van der Waals surface area (Å²) in [6.45, 7) is 8.94. The van der Waals surface area contributed by atoms with Gasteiger partial charge in [-0.3, -0.25) is 0 Å². The molecule has 0 amide bonds. The van der Waals surface area contributed by atoms with E-state index < -0.39 is 0 Å². The van der Waals surface area contributed by atoms with Gasteiger partial charge in [-0.25, -0.2) is 8.78 Å². The molecule has 1 aliphatic carbocycles. The minimum absolute atomic E-state index is 0.177. The SMILES string of the molecule is CCCCCCCCC1(CCCCCCCC)c2cc(-c3ccc(-c4ccc(CCC)cc4)c(F)c3)ccc2-c2ccc(-c3ccc(-c4ccc(CCC)cc4)c(F)c3)cc21. The van der Waals surface area contributed by atoms with E-state index in [4.69, 9.17) is 0 Å². The Balaban J connectivity index is 1.27. The monoisotopic (exact) mass is 815 g/mol. The van der Waals surface area contributed by atoms with E-state index in [1.54, 1.807) is 12.1 Å². The van der Waals surface area contributed by atoms with Crippen LogP contribution in [0, 0.1) is 11.6 Å². The molecule has 0 fully saturated rings. The molecule has 7 rings (SSSR count). The molecule has 318 valence electrons. The fourth-order valence-electron chi connectivity index (χ4n) is 10.1. The van der Waals surface area contributed by atoms with Crippen molar-refractivity contribution in [1.82, 2.24) is 0 Å². The van der Waals surface area contributed by atoms with Crippen LogP contribution in [-0.4, -0.2) is 0 Å². The molecule has 0 radical (unpaired) electrons. The lowest BCUT2D eigenvalue weighted by Gasteiger charge is -2.33. The fourth-order valence-corrected chi connectivity index (χ4v) is 10.1. The van der Waals surface area contributed by atoms with Crippen LogP contribution in [0.3, 0.4) is 0 Å². The lowest BCUT2D eigenvalue weighted by molar-refractivity contribution is 0.398. The Bertz CT molecular complexity index is 2160.